The van der Waals surface area contributed by atoms with Crippen LogP contribution < -0.4 is 5.73 Å². The largest absolute Gasteiger partial charge is 0.384 e. The second-order valence-corrected chi connectivity index (χ2v) is 4.71. The summed E-state index contributed by atoms with van der Waals surface area (Å²) in [6.45, 7) is 2.67. The molecule has 0 bridgehead atoms. The highest BCUT2D eigenvalue weighted by Gasteiger charge is 2.05. The second-order valence-electron chi connectivity index (χ2n) is 3.11. The van der Waals surface area contributed by atoms with E-state index in [4.69, 9.17) is 5.73 Å². The average molecular weight is 272 g/mol. The number of anilines is 1. The quantitative estimate of drug-likeness (QED) is 0.913. The monoisotopic (exact) mass is 271 g/mol. The summed E-state index contributed by atoms with van der Waals surface area (Å²) in [6.07, 6.45) is 0. The summed E-state index contributed by atoms with van der Waals surface area (Å²) in [5, 5.41) is 8.46. The van der Waals surface area contributed by atoms with Gasteiger partial charge in [-0.25, -0.2) is 4.68 Å². The molecule has 2 aromatic heterocycles. The smallest absolute Gasteiger partial charge is 0.122 e. The van der Waals surface area contributed by atoms with Gasteiger partial charge in [0.1, 0.15) is 5.82 Å². The van der Waals surface area contributed by atoms with Crippen LogP contribution in [0.4, 0.5) is 5.82 Å². The highest BCUT2D eigenvalue weighted by atomic mass is 79.9. The number of nitrogens with zero attached hydrogens (tertiary/aromatic N) is 2. The Balaban J connectivity index is 2.27. The van der Waals surface area contributed by atoms with Crippen LogP contribution in [0.5, 0.6) is 0 Å². The second kappa shape index (κ2) is 3.74. The molecule has 0 fully saturated rings. The molecule has 0 aromatic carbocycles. The maximum absolute atomic E-state index is 5.80. The van der Waals surface area contributed by atoms with Crippen LogP contribution in [0.1, 0.15) is 11.3 Å². The van der Waals surface area contributed by atoms with Crippen molar-refractivity contribution in [2.24, 2.45) is 0 Å². The maximum atomic E-state index is 5.80. The standard InChI is InChI=1S/C9H10BrN3S/c1-6-2-9(11)13(12-6)3-7-4-14-5-8(7)10/h2,4-5H,3,11H2,1H3. The Labute approximate surface area is 94.7 Å². The summed E-state index contributed by atoms with van der Waals surface area (Å²) >= 11 is 5.15. The van der Waals surface area contributed by atoms with Gasteiger partial charge in [-0.2, -0.15) is 16.4 Å². The first kappa shape index (κ1) is 9.73. The van der Waals surface area contributed by atoms with E-state index in [-0.39, 0.29) is 0 Å². The van der Waals surface area contributed by atoms with E-state index >= 15 is 0 Å². The fourth-order valence-corrected chi connectivity index (χ4v) is 2.69. The van der Waals surface area contributed by atoms with E-state index in [1.807, 2.05) is 17.7 Å². The zero-order chi connectivity index (χ0) is 10.1. The Bertz CT molecular complexity index is 447. The van der Waals surface area contributed by atoms with Gasteiger partial charge < -0.3 is 5.73 Å². The number of aryl methyl sites for hydroxylation is 1. The van der Waals surface area contributed by atoms with Crippen LogP contribution in [-0.4, -0.2) is 9.78 Å². The van der Waals surface area contributed by atoms with Gasteiger partial charge in [0.2, 0.25) is 0 Å². The van der Waals surface area contributed by atoms with Crippen LogP contribution in [0, 0.1) is 6.92 Å². The molecule has 0 saturated heterocycles. The summed E-state index contributed by atoms with van der Waals surface area (Å²) < 4.78 is 2.93. The van der Waals surface area contributed by atoms with Crippen molar-refractivity contribution in [3.63, 3.8) is 0 Å². The summed E-state index contributed by atoms with van der Waals surface area (Å²) in [7, 11) is 0. The number of nitrogen functional groups attached to an aromatic ring is 1. The van der Waals surface area contributed by atoms with E-state index in [1.165, 1.54) is 5.56 Å². The number of halogens is 1. The van der Waals surface area contributed by atoms with Crippen LogP contribution in [-0.2, 0) is 6.54 Å². The van der Waals surface area contributed by atoms with E-state index in [2.05, 4.69) is 31.8 Å². The first-order chi connectivity index (χ1) is 6.66. The summed E-state index contributed by atoms with van der Waals surface area (Å²) in [6, 6.07) is 1.88. The predicted octanol–water partition coefficient (Wildman–Crippen LogP) is 2.65. The van der Waals surface area contributed by atoms with E-state index < -0.39 is 0 Å². The molecular weight excluding hydrogens is 262 g/mol. The SMILES string of the molecule is Cc1cc(N)n(Cc2cscc2Br)n1. The Hall–Kier alpha value is -0.810. The van der Waals surface area contributed by atoms with Gasteiger partial charge in [0, 0.05) is 15.9 Å². The van der Waals surface area contributed by atoms with E-state index in [9.17, 15) is 0 Å². The van der Waals surface area contributed by atoms with Crippen LogP contribution in [0.25, 0.3) is 0 Å². The predicted molar refractivity (Wildman–Crippen MR) is 62.5 cm³/mol. The molecule has 0 amide bonds. The van der Waals surface area contributed by atoms with Crippen molar-refractivity contribution < 1.29 is 0 Å². The zero-order valence-electron chi connectivity index (χ0n) is 7.70. The molecule has 14 heavy (non-hydrogen) atoms. The molecule has 0 radical (unpaired) electrons. The van der Waals surface area contributed by atoms with Gasteiger partial charge in [-0.1, -0.05) is 0 Å². The molecule has 2 aromatic rings. The Morgan fingerprint density at radius 1 is 1.57 bits per heavy atom. The molecule has 0 atom stereocenters. The first-order valence-electron chi connectivity index (χ1n) is 4.17. The van der Waals surface area contributed by atoms with Gasteiger partial charge in [0.15, 0.2) is 0 Å². The fraction of sp³-hybridized carbons (Fsp3) is 0.222. The Kier molecular flexibility index (Phi) is 2.60. The third kappa shape index (κ3) is 1.83. The molecule has 2 N–H and O–H groups in total. The molecule has 0 spiro atoms. The van der Waals surface area contributed by atoms with Crippen LogP contribution >= 0.6 is 27.3 Å². The third-order valence-electron chi connectivity index (χ3n) is 1.94. The lowest BCUT2D eigenvalue weighted by molar-refractivity contribution is 0.689. The number of nitrogens with two attached hydrogens (primary N) is 1. The van der Waals surface area contributed by atoms with Crippen LogP contribution in [0.2, 0.25) is 0 Å². The molecule has 0 aliphatic heterocycles. The van der Waals surface area contributed by atoms with Crippen molar-refractivity contribution in [1.29, 1.82) is 0 Å². The third-order valence-corrected chi connectivity index (χ3v) is 3.78. The van der Waals surface area contributed by atoms with Gasteiger partial charge in [-0.3, -0.25) is 0 Å². The molecule has 2 heterocycles. The molecule has 0 saturated carbocycles. The summed E-state index contributed by atoms with van der Waals surface area (Å²) in [5.41, 5.74) is 7.96. The molecule has 2 rings (SSSR count). The average Bonchev–Trinajstić information content (AvgIpc) is 2.62. The topological polar surface area (TPSA) is 43.8 Å². The summed E-state index contributed by atoms with van der Waals surface area (Å²) in [5.74, 6) is 0.709. The number of hydrogen-bond acceptors (Lipinski definition) is 3. The zero-order valence-corrected chi connectivity index (χ0v) is 10.1. The Morgan fingerprint density at radius 3 is 2.86 bits per heavy atom. The molecule has 0 aliphatic carbocycles. The van der Waals surface area contributed by atoms with Crippen molar-refractivity contribution in [3.8, 4) is 0 Å². The maximum Gasteiger partial charge on any atom is 0.122 e. The van der Waals surface area contributed by atoms with Crippen molar-refractivity contribution in [3.05, 3.63) is 32.6 Å². The molecule has 0 aliphatic rings. The van der Waals surface area contributed by atoms with Crippen molar-refractivity contribution in [1.82, 2.24) is 9.78 Å². The highest BCUT2D eigenvalue weighted by molar-refractivity contribution is 9.10. The van der Waals surface area contributed by atoms with Crippen LogP contribution in [0.3, 0.4) is 0 Å². The highest BCUT2D eigenvalue weighted by Crippen LogP contribution is 2.22. The molecule has 3 nitrogen and oxygen atoms in total. The first-order valence-corrected chi connectivity index (χ1v) is 5.91. The number of thiophene rings is 1. The minimum atomic E-state index is 0.709. The normalized spacial score (nSPS) is 10.7. The van der Waals surface area contributed by atoms with E-state index in [0.717, 1.165) is 16.7 Å². The lowest BCUT2D eigenvalue weighted by Gasteiger charge is -2.02. The van der Waals surface area contributed by atoms with Gasteiger partial charge in [-0.15, -0.1) is 0 Å². The lowest BCUT2D eigenvalue weighted by atomic mass is 10.3. The fourth-order valence-electron chi connectivity index (χ4n) is 1.27. The lowest BCUT2D eigenvalue weighted by Crippen LogP contribution is -2.05. The van der Waals surface area contributed by atoms with Gasteiger partial charge >= 0.3 is 0 Å². The summed E-state index contributed by atoms with van der Waals surface area (Å²) in [4.78, 5) is 0. The van der Waals surface area contributed by atoms with Gasteiger partial charge in [0.05, 0.1) is 12.2 Å². The van der Waals surface area contributed by atoms with Gasteiger partial charge in [0.25, 0.3) is 0 Å². The van der Waals surface area contributed by atoms with Gasteiger partial charge in [-0.05, 0) is 33.8 Å². The van der Waals surface area contributed by atoms with Crippen molar-refractivity contribution in [2.75, 3.05) is 5.73 Å². The number of aromatic nitrogens is 2. The van der Waals surface area contributed by atoms with E-state index in [0.29, 0.717) is 5.82 Å². The molecule has 5 heteroatoms. The minimum Gasteiger partial charge on any atom is -0.384 e. The van der Waals surface area contributed by atoms with Crippen LogP contribution in [0.15, 0.2) is 21.3 Å². The molecule has 0 unspecified atom stereocenters. The number of rotatable bonds is 2. The molecular formula is C9H10BrN3S. The number of hydrogen-bond donors (Lipinski definition) is 1. The van der Waals surface area contributed by atoms with Crippen molar-refractivity contribution in [2.45, 2.75) is 13.5 Å². The van der Waals surface area contributed by atoms with Crippen molar-refractivity contribution >= 4 is 33.1 Å². The van der Waals surface area contributed by atoms with E-state index in [1.54, 1.807) is 11.3 Å². The molecule has 74 valence electrons. The minimum absolute atomic E-state index is 0.709. The Morgan fingerprint density at radius 2 is 2.36 bits per heavy atom.